The van der Waals surface area contributed by atoms with Crippen LogP contribution in [0.5, 0.6) is 0 Å². The van der Waals surface area contributed by atoms with Gasteiger partial charge in [-0.25, -0.2) is 13.1 Å². The molecule has 11 nitrogen and oxygen atoms in total. The van der Waals surface area contributed by atoms with Gasteiger partial charge in [0.05, 0.1) is 19.3 Å². The largest absolute Gasteiger partial charge is 0.471 e. The summed E-state index contributed by atoms with van der Waals surface area (Å²) >= 11 is 0. The molecular weight excluding hydrogens is 500 g/mol. The lowest BCUT2D eigenvalue weighted by Crippen LogP contribution is -2.52. The monoisotopic (exact) mass is 540 g/mol. The number of hydrogen-bond acceptors (Lipinski definition) is 7. The summed E-state index contributed by atoms with van der Waals surface area (Å²) in [5, 5.41) is 0. The highest BCUT2D eigenvalue weighted by atomic mass is 32.2. The summed E-state index contributed by atoms with van der Waals surface area (Å²) < 4.78 is 32.0. The average molecular weight is 541 g/mol. The summed E-state index contributed by atoms with van der Waals surface area (Å²) in [4.78, 5) is 51.7. The molecule has 2 saturated heterocycles. The number of benzene rings is 1. The Morgan fingerprint density at radius 3 is 2.19 bits per heavy atom. The molecule has 1 N–H and O–H groups in total. The first kappa shape index (κ1) is 30.2. The Morgan fingerprint density at radius 1 is 1.11 bits per heavy atom. The fraction of sp³-hybridized carbons (Fsp3) is 0.600. The van der Waals surface area contributed by atoms with E-state index in [1.54, 1.807) is 52.1 Å². The average Bonchev–Trinajstić information content (AvgIpc) is 3.43. The smallest absolute Gasteiger partial charge is 0.292 e. The lowest BCUT2D eigenvalue weighted by molar-refractivity contribution is -0.139. The number of nitrogens with one attached hydrogen (secondary N) is 1. The Bertz CT molecular complexity index is 1010. The highest BCUT2D eigenvalue weighted by Gasteiger charge is 2.34. The third kappa shape index (κ3) is 9.77. The summed E-state index contributed by atoms with van der Waals surface area (Å²) in [6.07, 6.45) is 2.83. The van der Waals surface area contributed by atoms with Gasteiger partial charge < -0.3 is 19.4 Å². The lowest BCUT2D eigenvalue weighted by atomic mass is 10.0. The number of rotatable bonds is 9. The number of carbonyl (C=O) groups is 4. The molecule has 12 heteroatoms. The topological polar surface area (TPSA) is 133 Å². The molecule has 3 rings (SSSR count). The predicted octanol–water partition coefficient (Wildman–Crippen LogP) is 0.992. The van der Waals surface area contributed by atoms with Crippen LogP contribution in [0.1, 0.15) is 46.0 Å². The van der Waals surface area contributed by atoms with Crippen molar-refractivity contribution in [2.45, 2.75) is 56.9 Å². The van der Waals surface area contributed by atoms with E-state index in [-0.39, 0.29) is 37.4 Å². The molecule has 2 fully saturated rings. The van der Waals surface area contributed by atoms with Gasteiger partial charge in [0, 0.05) is 47.6 Å². The van der Waals surface area contributed by atoms with E-state index >= 15 is 0 Å². The Balaban J connectivity index is 0.00000135. The van der Waals surface area contributed by atoms with E-state index in [1.165, 1.54) is 14.0 Å². The second-order valence-electron chi connectivity index (χ2n) is 9.23. The van der Waals surface area contributed by atoms with Crippen LogP contribution in [0, 0.1) is 0 Å². The maximum Gasteiger partial charge on any atom is 0.292 e. The number of carbonyl (C=O) groups excluding carboxylic acids is 4. The summed E-state index contributed by atoms with van der Waals surface area (Å²) in [7, 11) is -0.835. The van der Waals surface area contributed by atoms with E-state index in [4.69, 9.17) is 4.79 Å². The van der Waals surface area contributed by atoms with Gasteiger partial charge in [0.1, 0.15) is 6.04 Å². The molecule has 0 bridgehead atoms. The fourth-order valence-corrected chi connectivity index (χ4v) is 5.81. The van der Waals surface area contributed by atoms with Gasteiger partial charge in [-0.05, 0) is 31.2 Å². The van der Waals surface area contributed by atoms with Gasteiger partial charge in [0.25, 0.3) is 6.47 Å². The normalized spacial score (nSPS) is 16.8. The highest BCUT2D eigenvalue weighted by Crippen LogP contribution is 2.18. The van der Waals surface area contributed by atoms with Crippen molar-refractivity contribution >= 4 is 34.2 Å². The van der Waals surface area contributed by atoms with Crippen molar-refractivity contribution in [1.29, 1.82) is 0 Å². The molecule has 1 atom stereocenters. The van der Waals surface area contributed by atoms with Crippen LogP contribution in [0.4, 0.5) is 0 Å². The molecule has 3 amide bonds. The van der Waals surface area contributed by atoms with Crippen LogP contribution in [0.25, 0.3) is 0 Å². The molecule has 2 aliphatic rings. The van der Waals surface area contributed by atoms with Gasteiger partial charge in [-0.3, -0.25) is 19.2 Å². The van der Waals surface area contributed by atoms with Crippen molar-refractivity contribution in [3.05, 3.63) is 35.9 Å². The zero-order valence-corrected chi connectivity index (χ0v) is 22.6. The highest BCUT2D eigenvalue weighted by molar-refractivity contribution is 7.88. The van der Waals surface area contributed by atoms with Gasteiger partial charge in [-0.2, -0.15) is 0 Å². The van der Waals surface area contributed by atoms with E-state index < -0.39 is 16.1 Å². The molecule has 0 spiro atoms. The number of amides is 3. The molecule has 2 aliphatic heterocycles. The standard InChI is InChI=1S/C23H34N4O5S.C2H4O2.H2/c1-18(28)26-14-10-20(11-15-26)25(2)22(29)16-21(23(30)27-12-6-7-13-27)24-33(31,32)17-19-8-4-3-5-9-19;1-4-2-3;/h3-5,8-9,20-21,24H,6-7,10-17H2,1-2H3;2H,1H3;1H/t21-;;/m1../s1. The fourth-order valence-electron chi connectivity index (χ4n) is 4.48. The Kier molecular flexibility index (Phi) is 12.0. The van der Waals surface area contributed by atoms with Gasteiger partial charge in [0.15, 0.2) is 0 Å². The van der Waals surface area contributed by atoms with Gasteiger partial charge in [0.2, 0.25) is 27.7 Å². The lowest BCUT2D eigenvalue weighted by Gasteiger charge is -2.37. The Morgan fingerprint density at radius 2 is 1.68 bits per heavy atom. The second-order valence-corrected chi connectivity index (χ2v) is 11.0. The minimum Gasteiger partial charge on any atom is -0.471 e. The number of nitrogens with zero attached hydrogens (tertiary/aromatic N) is 3. The summed E-state index contributed by atoms with van der Waals surface area (Å²) in [5.41, 5.74) is 0.609. The van der Waals surface area contributed by atoms with Crippen LogP contribution >= 0.6 is 0 Å². The molecule has 208 valence electrons. The van der Waals surface area contributed by atoms with Crippen molar-refractivity contribution in [2.24, 2.45) is 0 Å². The van der Waals surface area contributed by atoms with Crippen LogP contribution in [0.15, 0.2) is 30.3 Å². The van der Waals surface area contributed by atoms with E-state index in [9.17, 15) is 22.8 Å². The molecule has 2 heterocycles. The minimum absolute atomic E-state index is 0. The van der Waals surface area contributed by atoms with Gasteiger partial charge >= 0.3 is 0 Å². The third-order valence-corrected chi connectivity index (χ3v) is 7.92. The molecule has 0 saturated carbocycles. The minimum atomic E-state index is -3.83. The maximum absolute atomic E-state index is 13.1. The van der Waals surface area contributed by atoms with Gasteiger partial charge in [-0.1, -0.05) is 30.3 Å². The molecule has 1 aromatic carbocycles. The number of ether oxygens (including phenoxy) is 1. The molecule has 0 radical (unpaired) electrons. The number of sulfonamides is 1. The quantitative estimate of drug-likeness (QED) is 0.462. The van der Waals surface area contributed by atoms with E-state index in [0.29, 0.717) is 51.1 Å². The molecular formula is C25H40N4O7S. The molecule has 0 aromatic heterocycles. The van der Waals surface area contributed by atoms with Crippen LogP contribution in [0.2, 0.25) is 0 Å². The Labute approximate surface area is 220 Å². The summed E-state index contributed by atoms with van der Waals surface area (Å²) in [6.45, 7) is 4.22. The number of piperidine rings is 1. The van der Waals surface area contributed by atoms with Crippen LogP contribution in [-0.4, -0.2) is 99.7 Å². The second kappa shape index (κ2) is 14.7. The van der Waals surface area contributed by atoms with Crippen molar-refractivity contribution < 1.29 is 33.8 Å². The zero-order chi connectivity index (χ0) is 27.4. The molecule has 37 heavy (non-hydrogen) atoms. The van der Waals surface area contributed by atoms with Crippen molar-refractivity contribution in [1.82, 2.24) is 19.4 Å². The zero-order valence-electron chi connectivity index (χ0n) is 21.8. The summed E-state index contributed by atoms with van der Waals surface area (Å²) in [5.74, 6) is -0.870. The number of methoxy groups -OCH3 is 1. The van der Waals surface area contributed by atoms with Gasteiger partial charge in [-0.15, -0.1) is 0 Å². The number of likely N-dealkylation sites (tertiary alicyclic amines) is 2. The van der Waals surface area contributed by atoms with Crippen LogP contribution in [-0.2, 0) is 39.7 Å². The first-order valence-corrected chi connectivity index (χ1v) is 14.0. The van der Waals surface area contributed by atoms with E-state index in [1.807, 2.05) is 0 Å². The summed E-state index contributed by atoms with van der Waals surface area (Å²) in [6, 6.07) is 7.56. The van der Waals surface area contributed by atoms with E-state index in [0.717, 1.165) is 12.8 Å². The Hall–Kier alpha value is -2.99. The SMILES string of the molecule is CC(=O)N1CCC(N(C)C(=O)C[C@@H](NS(=O)(=O)Cc2ccccc2)C(=O)N2CCCC2)CC1.COC=O.[HH]. The van der Waals surface area contributed by atoms with Crippen LogP contribution in [0.3, 0.4) is 0 Å². The molecule has 0 unspecified atom stereocenters. The first-order valence-electron chi connectivity index (χ1n) is 12.4. The number of hydrogen-bond donors (Lipinski definition) is 1. The van der Waals surface area contributed by atoms with Crippen molar-refractivity contribution in [2.75, 3.05) is 40.3 Å². The predicted molar refractivity (Wildman–Crippen MR) is 140 cm³/mol. The van der Waals surface area contributed by atoms with Crippen molar-refractivity contribution in [3.8, 4) is 0 Å². The molecule has 1 aromatic rings. The first-order chi connectivity index (χ1) is 17.6. The molecule has 0 aliphatic carbocycles. The maximum atomic E-state index is 13.1. The van der Waals surface area contributed by atoms with Crippen molar-refractivity contribution in [3.63, 3.8) is 0 Å². The van der Waals surface area contributed by atoms with E-state index in [2.05, 4.69) is 9.46 Å². The third-order valence-electron chi connectivity index (χ3n) is 6.56. The van der Waals surface area contributed by atoms with Crippen LogP contribution < -0.4 is 4.72 Å².